The Balaban J connectivity index is 2.49. The van der Waals surface area contributed by atoms with Crippen LogP contribution in [0.15, 0.2) is 39.9 Å². The van der Waals surface area contributed by atoms with Crippen LogP contribution in [0.4, 0.5) is 0 Å². The number of hydrogen-bond donors (Lipinski definition) is 2. The van der Waals surface area contributed by atoms with E-state index in [-0.39, 0.29) is 22.9 Å². The molecule has 0 spiro atoms. The van der Waals surface area contributed by atoms with Gasteiger partial charge in [0.25, 0.3) is 0 Å². The van der Waals surface area contributed by atoms with Gasteiger partial charge in [-0.3, -0.25) is 5.01 Å². The summed E-state index contributed by atoms with van der Waals surface area (Å²) >= 11 is 5.90. The van der Waals surface area contributed by atoms with Gasteiger partial charge in [0.1, 0.15) is 5.76 Å². The number of aliphatic carboxylic acids is 1. The van der Waals surface area contributed by atoms with E-state index in [1.54, 1.807) is 13.2 Å². The third kappa shape index (κ3) is 1.69. The molecule has 2 aliphatic rings. The number of allylic oxidation sites excluding steroid dienone is 2. The quantitative estimate of drug-likeness (QED) is 0.730. The summed E-state index contributed by atoms with van der Waals surface area (Å²) in [5.74, 6) is -1.34. The number of rotatable bonds is 1. The molecule has 1 heterocycles. The molecule has 5 nitrogen and oxygen atoms in total. The van der Waals surface area contributed by atoms with Crippen molar-refractivity contribution in [2.45, 2.75) is 6.42 Å². The fourth-order valence-electron chi connectivity index (χ4n) is 1.63. The van der Waals surface area contributed by atoms with Crippen LogP contribution in [0.3, 0.4) is 0 Å². The molecule has 1 aliphatic heterocycles. The molecular weight excluding hydrogens is 232 g/mol. The van der Waals surface area contributed by atoms with Crippen molar-refractivity contribution in [1.82, 2.24) is 5.01 Å². The second kappa shape index (κ2) is 3.68. The molecule has 0 bridgehead atoms. The monoisotopic (exact) mass is 240 g/mol. The molecule has 1 aliphatic carbocycles. The number of aliphatic hydroxyl groups is 1. The van der Waals surface area contributed by atoms with E-state index in [4.69, 9.17) is 16.7 Å². The number of carboxylic acid groups (broad SMARTS) is 1. The summed E-state index contributed by atoms with van der Waals surface area (Å²) in [7, 11) is 1.71. The van der Waals surface area contributed by atoms with Gasteiger partial charge in [0.05, 0.1) is 5.57 Å². The third-order valence-electron chi connectivity index (χ3n) is 2.34. The normalized spacial score (nSPS) is 19.9. The van der Waals surface area contributed by atoms with Gasteiger partial charge in [-0.15, -0.1) is 0 Å². The Hall–Kier alpha value is -1.75. The zero-order valence-corrected chi connectivity index (χ0v) is 9.19. The number of carbonyl (C=O) groups is 1. The summed E-state index contributed by atoms with van der Waals surface area (Å²) in [6, 6.07) is 0. The molecule has 0 aromatic rings. The van der Waals surface area contributed by atoms with E-state index in [9.17, 15) is 9.90 Å². The summed E-state index contributed by atoms with van der Waals surface area (Å²) in [6.45, 7) is 0. The van der Waals surface area contributed by atoms with Gasteiger partial charge in [0.15, 0.2) is 5.17 Å². The Bertz CT molecular complexity index is 488. The van der Waals surface area contributed by atoms with Gasteiger partial charge in [-0.1, -0.05) is 11.6 Å². The minimum atomic E-state index is -1.17. The first-order chi connectivity index (χ1) is 7.49. The van der Waals surface area contributed by atoms with Crippen molar-refractivity contribution in [3.05, 3.63) is 34.8 Å². The summed E-state index contributed by atoms with van der Waals surface area (Å²) < 4.78 is 0. The van der Waals surface area contributed by atoms with Crippen LogP contribution in [0.5, 0.6) is 0 Å². The molecule has 0 saturated carbocycles. The third-order valence-corrected chi connectivity index (χ3v) is 2.62. The Morgan fingerprint density at radius 2 is 2.31 bits per heavy atom. The predicted molar refractivity (Wildman–Crippen MR) is 59.1 cm³/mol. The van der Waals surface area contributed by atoms with Crippen LogP contribution in [-0.2, 0) is 4.79 Å². The van der Waals surface area contributed by atoms with E-state index < -0.39 is 5.97 Å². The highest BCUT2D eigenvalue weighted by molar-refractivity contribution is 6.70. The molecule has 84 valence electrons. The van der Waals surface area contributed by atoms with Crippen molar-refractivity contribution >= 4 is 22.7 Å². The first kappa shape index (κ1) is 10.8. The molecule has 0 unspecified atom stereocenters. The lowest BCUT2D eigenvalue weighted by Gasteiger charge is -2.23. The topological polar surface area (TPSA) is 73.1 Å². The summed E-state index contributed by atoms with van der Waals surface area (Å²) in [6.07, 6.45) is 3.20. The zero-order chi connectivity index (χ0) is 11.9. The van der Waals surface area contributed by atoms with Crippen molar-refractivity contribution < 1.29 is 15.0 Å². The summed E-state index contributed by atoms with van der Waals surface area (Å²) in [5, 5.41) is 24.1. The maximum atomic E-state index is 10.8. The molecule has 2 N–H and O–H groups in total. The second-order valence-electron chi connectivity index (χ2n) is 3.52. The van der Waals surface area contributed by atoms with Crippen LogP contribution in [0.2, 0.25) is 0 Å². The van der Waals surface area contributed by atoms with Crippen LogP contribution in [-0.4, -0.2) is 33.4 Å². The van der Waals surface area contributed by atoms with Gasteiger partial charge in [-0.05, 0) is 11.6 Å². The van der Waals surface area contributed by atoms with Crippen molar-refractivity contribution in [2.24, 2.45) is 5.10 Å². The van der Waals surface area contributed by atoms with Crippen molar-refractivity contribution in [1.29, 1.82) is 0 Å². The standard InChI is InChI=1S/C10H9ClN2O3/c1-13-4-5-2-8(14)7(10(15)16)3-6(5)9(11)12-13/h3-4,14H,2H2,1H3,(H,15,16). The fraction of sp³-hybridized carbons (Fsp3) is 0.200. The fourth-order valence-corrected chi connectivity index (χ4v) is 1.93. The lowest BCUT2D eigenvalue weighted by Crippen LogP contribution is -2.19. The smallest absolute Gasteiger partial charge is 0.339 e. The van der Waals surface area contributed by atoms with Crippen molar-refractivity contribution in [3.8, 4) is 0 Å². The highest BCUT2D eigenvalue weighted by atomic mass is 35.5. The Morgan fingerprint density at radius 1 is 1.62 bits per heavy atom. The van der Waals surface area contributed by atoms with Crippen LogP contribution in [0, 0.1) is 0 Å². The number of hydrogen-bond acceptors (Lipinski definition) is 4. The lowest BCUT2D eigenvalue weighted by atomic mass is 9.93. The van der Waals surface area contributed by atoms with Crippen molar-refractivity contribution in [2.75, 3.05) is 7.05 Å². The number of hydrazone groups is 1. The maximum absolute atomic E-state index is 10.8. The highest BCUT2D eigenvalue weighted by Gasteiger charge is 2.26. The molecule has 0 saturated heterocycles. The molecule has 0 aromatic carbocycles. The van der Waals surface area contributed by atoms with E-state index >= 15 is 0 Å². The average molecular weight is 241 g/mol. The number of nitrogens with zero attached hydrogens (tertiary/aromatic N) is 2. The molecule has 6 heteroatoms. The minimum absolute atomic E-state index is 0.134. The molecule has 0 radical (unpaired) electrons. The first-order valence-corrected chi connectivity index (χ1v) is 4.92. The summed E-state index contributed by atoms with van der Waals surface area (Å²) in [5.41, 5.74) is 1.17. The van der Waals surface area contributed by atoms with Gasteiger partial charge in [-0.2, -0.15) is 5.10 Å². The van der Waals surface area contributed by atoms with E-state index in [1.165, 1.54) is 11.1 Å². The van der Waals surface area contributed by atoms with Crippen LogP contribution in [0.1, 0.15) is 6.42 Å². The summed E-state index contributed by atoms with van der Waals surface area (Å²) in [4.78, 5) is 10.8. The van der Waals surface area contributed by atoms with Gasteiger partial charge >= 0.3 is 5.97 Å². The lowest BCUT2D eigenvalue weighted by molar-refractivity contribution is -0.132. The molecule has 0 atom stereocenters. The van der Waals surface area contributed by atoms with Crippen LogP contribution >= 0.6 is 11.6 Å². The van der Waals surface area contributed by atoms with E-state index in [1.807, 2.05) is 0 Å². The van der Waals surface area contributed by atoms with Crippen LogP contribution in [0.25, 0.3) is 0 Å². The second-order valence-corrected chi connectivity index (χ2v) is 3.88. The molecule has 16 heavy (non-hydrogen) atoms. The predicted octanol–water partition coefficient (Wildman–Crippen LogP) is 1.59. The van der Waals surface area contributed by atoms with Gasteiger partial charge in [0.2, 0.25) is 0 Å². The number of carboxylic acids is 1. The van der Waals surface area contributed by atoms with Crippen LogP contribution < -0.4 is 0 Å². The Morgan fingerprint density at radius 3 is 2.94 bits per heavy atom. The highest BCUT2D eigenvalue weighted by Crippen LogP contribution is 2.32. The van der Waals surface area contributed by atoms with Gasteiger partial charge < -0.3 is 10.2 Å². The zero-order valence-electron chi connectivity index (χ0n) is 8.44. The van der Waals surface area contributed by atoms with E-state index in [2.05, 4.69) is 5.10 Å². The number of aliphatic hydroxyl groups excluding tert-OH is 1. The molecule has 2 rings (SSSR count). The van der Waals surface area contributed by atoms with E-state index in [0.29, 0.717) is 5.57 Å². The van der Waals surface area contributed by atoms with Gasteiger partial charge in [0, 0.05) is 25.2 Å². The first-order valence-electron chi connectivity index (χ1n) is 4.54. The van der Waals surface area contributed by atoms with Gasteiger partial charge in [-0.25, -0.2) is 4.79 Å². The number of fused-ring (bicyclic) bond motifs is 1. The molecule has 0 fully saturated rings. The Labute approximate surface area is 96.6 Å². The van der Waals surface area contributed by atoms with E-state index in [0.717, 1.165) is 5.57 Å². The minimum Gasteiger partial charge on any atom is -0.511 e. The number of halogens is 1. The maximum Gasteiger partial charge on any atom is 0.339 e. The SMILES string of the molecule is CN1C=C2CC(O)=C(C(=O)O)C=C2C(Cl)=N1. The molecule has 0 amide bonds. The van der Waals surface area contributed by atoms with Crippen molar-refractivity contribution in [3.63, 3.8) is 0 Å². The molecule has 0 aromatic heterocycles. The average Bonchev–Trinajstić information content (AvgIpc) is 2.15. The molecular formula is C10H9ClN2O3. The Kier molecular flexibility index (Phi) is 2.47. The largest absolute Gasteiger partial charge is 0.511 e.